The molecule has 3 atom stereocenters. The maximum atomic E-state index is 13.3. The highest BCUT2D eigenvalue weighted by Gasteiger charge is 2.36. The number of halogens is 1. The summed E-state index contributed by atoms with van der Waals surface area (Å²) in [5.41, 5.74) is 2.26. The number of pyridine rings is 1. The van der Waals surface area contributed by atoms with E-state index >= 15 is 0 Å². The van der Waals surface area contributed by atoms with Crippen LogP contribution in [0, 0.1) is 13.8 Å². The van der Waals surface area contributed by atoms with Gasteiger partial charge in [0.25, 0.3) is 5.91 Å². The highest BCUT2D eigenvalue weighted by molar-refractivity contribution is 8.14. The van der Waals surface area contributed by atoms with Crippen LogP contribution in [-0.2, 0) is 9.53 Å². The van der Waals surface area contributed by atoms with Crippen LogP contribution in [0.25, 0.3) is 11.1 Å². The molecule has 186 valence electrons. The Kier molecular flexibility index (Phi) is 7.27. The molecule has 9 heteroatoms. The van der Waals surface area contributed by atoms with Gasteiger partial charge in [-0.1, -0.05) is 41.9 Å². The van der Waals surface area contributed by atoms with Gasteiger partial charge in [0.15, 0.2) is 11.3 Å². The number of aryl methyl sites for hydroxylation is 1. The van der Waals surface area contributed by atoms with Crippen molar-refractivity contribution >= 4 is 40.4 Å². The second kappa shape index (κ2) is 9.91. The van der Waals surface area contributed by atoms with Crippen molar-refractivity contribution in [2.24, 2.45) is 4.99 Å². The maximum Gasteiger partial charge on any atom is 0.337 e. The Morgan fingerprint density at radius 1 is 1.20 bits per heavy atom. The number of aliphatic carboxylic acids is 1. The molecule has 2 N–H and O–H groups in total. The molecule has 0 radical (unpaired) electrons. The Hall–Kier alpha value is -2.42. The third kappa shape index (κ3) is 5.55. The van der Waals surface area contributed by atoms with Gasteiger partial charge >= 0.3 is 5.97 Å². The minimum atomic E-state index is -1.27. The number of carboxylic acid groups (broad SMARTS) is 1. The lowest BCUT2D eigenvalue weighted by atomic mass is 9.89. The lowest BCUT2D eigenvalue weighted by Crippen LogP contribution is -2.31. The van der Waals surface area contributed by atoms with Gasteiger partial charge in [0, 0.05) is 21.5 Å². The third-order valence-corrected chi connectivity index (χ3v) is 7.69. The van der Waals surface area contributed by atoms with Gasteiger partial charge in [-0.05, 0) is 76.3 Å². The summed E-state index contributed by atoms with van der Waals surface area (Å²) >= 11 is 7.73. The molecule has 0 saturated heterocycles. The molecule has 0 bridgehead atoms. The Morgan fingerprint density at radius 2 is 1.89 bits per heavy atom. The average molecular weight is 516 g/mol. The van der Waals surface area contributed by atoms with Gasteiger partial charge in [0.05, 0.1) is 11.6 Å². The molecule has 1 aromatic carbocycles. The molecule has 35 heavy (non-hydrogen) atoms. The number of thioether (sulfide) groups is 1. The SMILES string of the molecule is Cc1nc(C(=O)NC2=NC3CCCC3S2)c(C)c(-c2ccc(Cl)cc2)c1[C@H](OC(C)(C)C)C(=O)O. The van der Waals surface area contributed by atoms with E-state index < -0.39 is 17.7 Å². The van der Waals surface area contributed by atoms with Gasteiger partial charge in [-0.15, -0.1) is 0 Å². The van der Waals surface area contributed by atoms with Gasteiger partial charge in [0.2, 0.25) is 0 Å². The first-order chi connectivity index (χ1) is 16.4. The molecule has 1 amide bonds. The summed E-state index contributed by atoms with van der Waals surface area (Å²) in [6.07, 6.45) is 2.06. The molecule has 2 unspecified atom stereocenters. The van der Waals surface area contributed by atoms with Crippen molar-refractivity contribution in [1.82, 2.24) is 10.3 Å². The van der Waals surface area contributed by atoms with Crippen molar-refractivity contribution in [2.45, 2.75) is 76.9 Å². The molecule has 2 aromatic rings. The van der Waals surface area contributed by atoms with Gasteiger partial charge in [-0.2, -0.15) is 0 Å². The smallest absolute Gasteiger partial charge is 0.337 e. The number of rotatable bonds is 5. The predicted molar refractivity (Wildman–Crippen MR) is 139 cm³/mol. The van der Waals surface area contributed by atoms with E-state index in [1.807, 2.05) is 12.1 Å². The summed E-state index contributed by atoms with van der Waals surface area (Å²) in [5, 5.41) is 14.6. The monoisotopic (exact) mass is 515 g/mol. The predicted octanol–water partition coefficient (Wildman–Crippen LogP) is 5.71. The Balaban J connectivity index is 1.80. The first-order valence-electron chi connectivity index (χ1n) is 11.7. The number of carboxylic acids is 1. The molecule has 1 fully saturated rings. The number of aliphatic imine (C=N–C) groups is 1. The summed E-state index contributed by atoms with van der Waals surface area (Å²) in [4.78, 5) is 34.9. The Labute approximate surface area is 214 Å². The van der Waals surface area contributed by atoms with E-state index in [2.05, 4.69) is 15.3 Å². The van der Waals surface area contributed by atoms with Crippen LogP contribution in [0.15, 0.2) is 29.3 Å². The first-order valence-corrected chi connectivity index (χ1v) is 12.9. The Bertz CT molecular complexity index is 1190. The van der Waals surface area contributed by atoms with Gasteiger partial charge in [-0.3, -0.25) is 15.1 Å². The molecule has 0 spiro atoms. The number of hydrogen-bond donors (Lipinski definition) is 2. The molecule has 7 nitrogen and oxygen atoms in total. The second-order valence-corrected chi connectivity index (χ2v) is 11.6. The number of carbonyl (C=O) groups is 2. The van der Waals surface area contributed by atoms with Gasteiger partial charge in [-0.25, -0.2) is 9.78 Å². The van der Waals surface area contributed by atoms with E-state index in [-0.39, 0.29) is 17.6 Å². The van der Waals surface area contributed by atoms with Crippen molar-refractivity contribution in [1.29, 1.82) is 0 Å². The zero-order chi connectivity index (χ0) is 25.5. The van der Waals surface area contributed by atoms with Crippen LogP contribution < -0.4 is 5.32 Å². The third-order valence-electron chi connectivity index (χ3n) is 6.16. The zero-order valence-corrected chi connectivity index (χ0v) is 22.1. The van der Waals surface area contributed by atoms with Crippen LogP contribution >= 0.6 is 23.4 Å². The fraction of sp³-hybridized carbons (Fsp3) is 0.462. The van der Waals surface area contributed by atoms with E-state index in [0.29, 0.717) is 37.8 Å². The van der Waals surface area contributed by atoms with E-state index in [1.54, 1.807) is 58.5 Å². The molecular formula is C26H30ClN3O4S. The van der Waals surface area contributed by atoms with Crippen molar-refractivity contribution in [3.63, 3.8) is 0 Å². The topological polar surface area (TPSA) is 101 Å². The number of nitrogens with one attached hydrogen (secondary N) is 1. The largest absolute Gasteiger partial charge is 0.479 e. The highest BCUT2D eigenvalue weighted by Crippen LogP contribution is 2.40. The van der Waals surface area contributed by atoms with Crippen LogP contribution in [0.1, 0.15) is 73.4 Å². The lowest BCUT2D eigenvalue weighted by Gasteiger charge is -2.28. The van der Waals surface area contributed by atoms with Crippen molar-refractivity contribution in [3.8, 4) is 11.1 Å². The normalized spacial score (nSPS) is 20.3. The van der Waals surface area contributed by atoms with Crippen molar-refractivity contribution in [2.75, 3.05) is 0 Å². The maximum absolute atomic E-state index is 13.3. The van der Waals surface area contributed by atoms with Crippen LogP contribution in [0.5, 0.6) is 0 Å². The standard InChI is InChI=1S/C26H30ClN3O4S/c1-13-19(15-9-11-16(27)12-10-15)20(22(24(32)33)34-26(3,4)5)14(2)28-21(13)23(31)30-25-29-17-7-6-8-18(17)35-25/h9-12,17-18,22H,6-8H2,1-5H3,(H,32,33)(H,29,30,31)/t17?,18?,22-/m0/s1. The van der Waals surface area contributed by atoms with Crippen LogP contribution in [-0.4, -0.2) is 44.0 Å². The minimum Gasteiger partial charge on any atom is -0.479 e. The number of hydrogen-bond acceptors (Lipinski definition) is 6. The fourth-order valence-electron chi connectivity index (χ4n) is 4.66. The number of carbonyl (C=O) groups excluding carboxylic acids is 1. The van der Waals surface area contributed by atoms with Crippen LogP contribution in [0.3, 0.4) is 0 Å². The lowest BCUT2D eigenvalue weighted by molar-refractivity contribution is -0.160. The molecule has 1 aliphatic heterocycles. The number of amides is 1. The van der Waals surface area contributed by atoms with E-state index in [0.717, 1.165) is 18.4 Å². The number of aromatic nitrogens is 1. The number of fused-ring (bicyclic) bond motifs is 1. The molecule has 1 aromatic heterocycles. The average Bonchev–Trinajstić information content (AvgIpc) is 3.35. The number of benzene rings is 1. The number of ether oxygens (including phenoxy) is 1. The van der Waals surface area contributed by atoms with E-state index in [1.165, 1.54) is 6.42 Å². The van der Waals surface area contributed by atoms with Crippen molar-refractivity contribution < 1.29 is 19.4 Å². The minimum absolute atomic E-state index is 0.233. The summed E-state index contributed by atoms with van der Waals surface area (Å²) in [7, 11) is 0. The molecule has 1 aliphatic carbocycles. The summed E-state index contributed by atoms with van der Waals surface area (Å²) in [5.74, 6) is -1.48. The van der Waals surface area contributed by atoms with Crippen molar-refractivity contribution in [3.05, 3.63) is 51.8 Å². The quantitative estimate of drug-likeness (QED) is 0.528. The zero-order valence-electron chi connectivity index (χ0n) is 20.5. The summed E-state index contributed by atoms with van der Waals surface area (Å²) in [6, 6.07) is 7.35. The van der Waals surface area contributed by atoms with E-state index in [4.69, 9.17) is 16.3 Å². The van der Waals surface area contributed by atoms with Crippen LogP contribution in [0.4, 0.5) is 0 Å². The fourth-order valence-corrected chi connectivity index (χ4v) is 6.06. The number of amidine groups is 1. The second-order valence-electron chi connectivity index (χ2n) is 9.96. The Morgan fingerprint density at radius 3 is 2.49 bits per heavy atom. The molecular weight excluding hydrogens is 486 g/mol. The van der Waals surface area contributed by atoms with Gasteiger partial charge in [0.1, 0.15) is 5.69 Å². The molecule has 2 aliphatic rings. The van der Waals surface area contributed by atoms with Gasteiger partial charge < -0.3 is 9.84 Å². The first kappa shape index (κ1) is 25.7. The van der Waals surface area contributed by atoms with Crippen LogP contribution in [0.2, 0.25) is 5.02 Å². The van der Waals surface area contributed by atoms with E-state index in [9.17, 15) is 14.7 Å². The number of nitrogens with zero attached hydrogens (tertiary/aromatic N) is 2. The summed E-state index contributed by atoms with van der Waals surface area (Å²) < 4.78 is 5.97. The molecule has 1 saturated carbocycles. The molecule has 4 rings (SSSR count). The highest BCUT2D eigenvalue weighted by atomic mass is 35.5. The summed E-state index contributed by atoms with van der Waals surface area (Å²) in [6.45, 7) is 8.90. The molecule has 2 heterocycles.